The lowest BCUT2D eigenvalue weighted by molar-refractivity contribution is 0.0655. The lowest BCUT2D eigenvalue weighted by Crippen LogP contribution is -2.19. The molecule has 104 valence electrons. The Hall–Kier alpha value is -0.910. The Labute approximate surface area is 132 Å². The highest BCUT2D eigenvalue weighted by molar-refractivity contribution is 9.10. The Morgan fingerprint density at radius 2 is 1.95 bits per heavy atom. The van der Waals surface area contributed by atoms with Crippen molar-refractivity contribution in [1.82, 2.24) is 0 Å². The summed E-state index contributed by atoms with van der Waals surface area (Å²) in [6.45, 7) is 0. The average Bonchev–Trinajstić information content (AvgIpc) is 2.42. The van der Waals surface area contributed by atoms with Gasteiger partial charge in [-0.25, -0.2) is 4.39 Å². The van der Waals surface area contributed by atoms with Gasteiger partial charge in [-0.3, -0.25) is 0 Å². The van der Waals surface area contributed by atoms with Gasteiger partial charge in [0.15, 0.2) is 0 Å². The molecule has 2 aromatic rings. The second kappa shape index (κ2) is 5.47. The van der Waals surface area contributed by atoms with E-state index in [1.807, 2.05) is 18.2 Å². The third-order valence-electron chi connectivity index (χ3n) is 3.35. The van der Waals surface area contributed by atoms with Gasteiger partial charge in [0.05, 0.1) is 10.6 Å². The average molecular weight is 402 g/mol. The first-order chi connectivity index (χ1) is 9.54. The van der Waals surface area contributed by atoms with Crippen LogP contribution in [-0.4, -0.2) is 5.11 Å². The number of fused-ring (bicyclic) bond motifs is 1. The summed E-state index contributed by atoms with van der Waals surface area (Å²) in [5, 5.41) is 10.2. The quantitative estimate of drug-likeness (QED) is 0.735. The Morgan fingerprint density at radius 3 is 2.70 bits per heavy atom. The standard InChI is InChI=1S/C15H11Br2FO2/c16-9-2-4-14-10(6-9)13(19)7-15(20-14)8-1-3-11(17)12(18)5-8/h1-6,13,15,19H,7H2. The minimum atomic E-state index is -0.618. The molecule has 5 heteroatoms. The summed E-state index contributed by atoms with van der Waals surface area (Å²) in [5.74, 6) is 0.308. The van der Waals surface area contributed by atoms with Crippen molar-refractivity contribution in [2.24, 2.45) is 0 Å². The van der Waals surface area contributed by atoms with Gasteiger partial charge in [0.2, 0.25) is 0 Å². The maximum atomic E-state index is 13.6. The molecule has 0 spiro atoms. The van der Waals surface area contributed by atoms with Crippen molar-refractivity contribution in [3.05, 3.63) is 62.3 Å². The summed E-state index contributed by atoms with van der Waals surface area (Å²) in [4.78, 5) is 0. The van der Waals surface area contributed by atoms with Crippen molar-refractivity contribution in [2.75, 3.05) is 0 Å². The summed E-state index contributed by atoms with van der Waals surface area (Å²) >= 11 is 6.50. The van der Waals surface area contributed by atoms with E-state index < -0.39 is 6.10 Å². The lowest BCUT2D eigenvalue weighted by Gasteiger charge is -2.30. The van der Waals surface area contributed by atoms with Gasteiger partial charge in [-0.05, 0) is 51.8 Å². The molecule has 1 N–H and O–H groups in total. The molecule has 0 aromatic heterocycles. The second-order valence-corrected chi connectivity index (χ2v) is 6.48. The van der Waals surface area contributed by atoms with Crippen LogP contribution in [0.1, 0.15) is 29.8 Å². The fraction of sp³-hybridized carbons (Fsp3) is 0.200. The molecule has 2 unspecified atom stereocenters. The molecule has 1 aliphatic rings. The first kappa shape index (κ1) is 14.0. The number of halogens is 3. The van der Waals surface area contributed by atoms with Crippen LogP contribution in [0.4, 0.5) is 4.39 Å². The zero-order valence-corrected chi connectivity index (χ0v) is 13.5. The Kier molecular flexibility index (Phi) is 3.84. The maximum Gasteiger partial charge on any atom is 0.137 e. The van der Waals surface area contributed by atoms with Gasteiger partial charge in [0.25, 0.3) is 0 Å². The van der Waals surface area contributed by atoms with E-state index >= 15 is 0 Å². The highest BCUT2D eigenvalue weighted by atomic mass is 79.9. The van der Waals surface area contributed by atoms with Crippen LogP contribution in [-0.2, 0) is 0 Å². The molecular weight excluding hydrogens is 391 g/mol. The molecule has 2 aromatic carbocycles. The van der Waals surface area contributed by atoms with E-state index in [-0.39, 0.29) is 11.9 Å². The van der Waals surface area contributed by atoms with Gasteiger partial charge in [-0.1, -0.05) is 22.0 Å². The van der Waals surface area contributed by atoms with E-state index in [4.69, 9.17) is 4.74 Å². The summed E-state index contributed by atoms with van der Waals surface area (Å²) in [7, 11) is 0. The molecule has 0 radical (unpaired) electrons. The number of benzene rings is 2. The first-order valence-corrected chi connectivity index (χ1v) is 7.72. The van der Waals surface area contributed by atoms with Gasteiger partial charge in [0.1, 0.15) is 17.7 Å². The van der Waals surface area contributed by atoms with Crippen LogP contribution in [0.15, 0.2) is 45.3 Å². The minimum absolute atomic E-state index is 0.331. The van der Waals surface area contributed by atoms with Crippen molar-refractivity contribution >= 4 is 31.9 Å². The van der Waals surface area contributed by atoms with E-state index in [0.717, 1.165) is 15.6 Å². The molecule has 0 bridgehead atoms. The molecule has 0 saturated heterocycles. The summed E-state index contributed by atoms with van der Waals surface area (Å²) in [6.07, 6.45) is -0.556. The second-order valence-electron chi connectivity index (χ2n) is 4.71. The van der Waals surface area contributed by atoms with E-state index in [2.05, 4.69) is 31.9 Å². The SMILES string of the molecule is OC1CC(c2ccc(Br)c(F)c2)Oc2ccc(Br)cc21. The Morgan fingerprint density at radius 1 is 1.15 bits per heavy atom. The molecular formula is C15H11Br2FO2. The predicted octanol–water partition coefficient (Wildman–Crippen LogP) is 4.91. The topological polar surface area (TPSA) is 29.5 Å². The molecule has 0 amide bonds. The van der Waals surface area contributed by atoms with Crippen LogP contribution in [0.25, 0.3) is 0 Å². The van der Waals surface area contributed by atoms with Gasteiger partial charge < -0.3 is 9.84 Å². The zero-order chi connectivity index (χ0) is 14.3. The number of aliphatic hydroxyl groups excluding tert-OH is 1. The van der Waals surface area contributed by atoms with Crippen molar-refractivity contribution in [2.45, 2.75) is 18.6 Å². The van der Waals surface area contributed by atoms with Crippen molar-refractivity contribution in [3.8, 4) is 5.75 Å². The largest absolute Gasteiger partial charge is 0.485 e. The molecule has 3 rings (SSSR count). The number of aliphatic hydroxyl groups is 1. The van der Waals surface area contributed by atoms with E-state index in [0.29, 0.717) is 16.6 Å². The molecule has 0 fully saturated rings. The smallest absolute Gasteiger partial charge is 0.137 e. The number of rotatable bonds is 1. The highest BCUT2D eigenvalue weighted by Crippen LogP contribution is 2.42. The van der Waals surface area contributed by atoms with Gasteiger partial charge in [-0.15, -0.1) is 0 Å². The number of ether oxygens (including phenoxy) is 1. The number of hydrogen-bond acceptors (Lipinski definition) is 2. The summed E-state index contributed by atoms with van der Waals surface area (Å²) in [6, 6.07) is 10.4. The van der Waals surface area contributed by atoms with Gasteiger partial charge in [0, 0.05) is 16.5 Å². The Balaban J connectivity index is 1.94. The molecule has 2 nitrogen and oxygen atoms in total. The van der Waals surface area contributed by atoms with Crippen molar-refractivity contribution < 1.29 is 14.2 Å². The van der Waals surface area contributed by atoms with Crippen LogP contribution >= 0.6 is 31.9 Å². The normalized spacial score (nSPS) is 21.2. The van der Waals surface area contributed by atoms with Crippen LogP contribution in [0.2, 0.25) is 0 Å². The van der Waals surface area contributed by atoms with Crippen LogP contribution < -0.4 is 4.74 Å². The van der Waals surface area contributed by atoms with Gasteiger partial charge in [-0.2, -0.15) is 0 Å². The van der Waals surface area contributed by atoms with Crippen molar-refractivity contribution in [3.63, 3.8) is 0 Å². The summed E-state index contributed by atoms with van der Waals surface area (Å²) < 4.78 is 20.8. The molecule has 20 heavy (non-hydrogen) atoms. The first-order valence-electron chi connectivity index (χ1n) is 6.13. The van der Waals surface area contributed by atoms with E-state index in [1.54, 1.807) is 12.1 Å². The van der Waals surface area contributed by atoms with Gasteiger partial charge >= 0.3 is 0 Å². The lowest BCUT2D eigenvalue weighted by atomic mass is 9.95. The Bertz CT molecular complexity index is 660. The number of hydrogen-bond donors (Lipinski definition) is 1. The third kappa shape index (κ3) is 2.62. The molecule has 0 saturated carbocycles. The van der Waals surface area contributed by atoms with Crippen LogP contribution in [0.5, 0.6) is 5.75 Å². The monoisotopic (exact) mass is 400 g/mol. The maximum absolute atomic E-state index is 13.6. The third-order valence-corrected chi connectivity index (χ3v) is 4.49. The highest BCUT2D eigenvalue weighted by Gasteiger charge is 2.28. The minimum Gasteiger partial charge on any atom is -0.485 e. The fourth-order valence-corrected chi connectivity index (χ4v) is 2.96. The molecule has 2 atom stereocenters. The van der Waals surface area contributed by atoms with E-state index in [1.165, 1.54) is 6.07 Å². The zero-order valence-electron chi connectivity index (χ0n) is 10.3. The van der Waals surface area contributed by atoms with Crippen LogP contribution in [0, 0.1) is 5.82 Å². The van der Waals surface area contributed by atoms with E-state index in [9.17, 15) is 9.50 Å². The molecule has 1 aliphatic heterocycles. The predicted molar refractivity (Wildman–Crippen MR) is 81.2 cm³/mol. The summed E-state index contributed by atoms with van der Waals surface area (Å²) in [5.41, 5.74) is 1.48. The fourth-order valence-electron chi connectivity index (χ4n) is 2.33. The molecule has 1 heterocycles. The van der Waals surface area contributed by atoms with Crippen molar-refractivity contribution in [1.29, 1.82) is 0 Å². The molecule has 0 aliphatic carbocycles. The van der Waals surface area contributed by atoms with Crippen LogP contribution in [0.3, 0.4) is 0 Å².